The number of amides is 1. The molecule has 1 aliphatic heterocycles. The molecule has 1 unspecified atom stereocenters. The van der Waals surface area contributed by atoms with E-state index in [-0.39, 0.29) is 23.7 Å². The molecule has 1 fully saturated rings. The SMILES string of the molecule is O=C1C(=O)N(CCc2ccc(F)cc2)C(c2cccnc2)/C1=C(/O)c1cccc2ccccc12. The van der Waals surface area contributed by atoms with Crippen molar-refractivity contribution in [1.29, 1.82) is 0 Å². The number of fused-ring (bicyclic) bond motifs is 1. The third-order valence-corrected chi connectivity index (χ3v) is 6.14. The molecule has 3 aromatic carbocycles. The van der Waals surface area contributed by atoms with Gasteiger partial charge in [-0.15, -0.1) is 0 Å². The van der Waals surface area contributed by atoms with Gasteiger partial charge in [0.2, 0.25) is 0 Å². The molecule has 34 heavy (non-hydrogen) atoms. The Hall–Kier alpha value is -4.32. The molecule has 5 nitrogen and oxygen atoms in total. The molecule has 0 radical (unpaired) electrons. The molecule has 0 saturated carbocycles. The highest BCUT2D eigenvalue weighted by molar-refractivity contribution is 6.46. The number of Topliss-reactive ketones (excluding diaryl/α,β-unsaturated/α-hetero) is 1. The van der Waals surface area contributed by atoms with Crippen molar-refractivity contribution < 1.29 is 19.1 Å². The van der Waals surface area contributed by atoms with Crippen molar-refractivity contribution in [3.8, 4) is 0 Å². The van der Waals surface area contributed by atoms with Gasteiger partial charge in [0, 0.05) is 24.5 Å². The van der Waals surface area contributed by atoms with Crippen LogP contribution in [0.3, 0.4) is 0 Å². The number of aliphatic hydroxyl groups is 1. The molecule has 0 spiro atoms. The van der Waals surface area contributed by atoms with Crippen LogP contribution in [0.1, 0.15) is 22.7 Å². The average Bonchev–Trinajstić information content (AvgIpc) is 3.13. The number of nitrogens with zero attached hydrogens (tertiary/aromatic N) is 2. The molecule has 1 aromatic heterocycles. The van der Waals surface area contributed by atoms with Crippen molar-refractivity contribution in [2.24, 2.45) is 0 Å². The number of likely N-dealkylation sites (tertiary alicyclic amines) is 1. The lowest BCUT2D eigenvalue weighted by Crippen LogP contribution is -2.31. The number of aliphatic hydroxyl groups excluding tert-OH is 1. The molecule has 1 amide bonds. The van der Waals surface area contributed by atoms with Gasteiger partial charge in [-0.05, 0) is 46.5 Å². The van der Waals surface area contributed by atoms with Gasteiger partial charge in [0.25, 0.3) is 11.7 Å². The second-order valence-electron chi connectivity index (χ2n) is 8.18. The van der Waals surface area contributed by atoms with Crippen LogP contribution < -0.4 is 0 Å². The summed E-state index contributed by atoms with van der Waals surface area (Å²) in [4.78, 5) is 32.0. The first-order chi connectivity index (χ1) is 16.5. The van der Waals surface area contributed by atoms with Gasteiger partial charge >= 0.3 is 0 Å². The molecule has 2 heterocycles. The fraction of sp³-hybridized carbons (Fsp3) is 0.107. The summed E-state index contributed by atoms with van der Waals surface area (Å²) < 4.78 is 13.3. The normalized spacial score (nSPS) is 17.4. The van der Waals surface area contributed by atoms with E-state index in [1.54, 1.807) is 48.8 Å². The predicted molar refractivity (Wildman–Crippen MR) is 127 cm³/mol. The standard InChI is InChI=1S/C28H21FN2O3/c29-21-12-10-18(11-13-21)14-16-31-25(20-7-4-15-30-17-20)24(27(33)28(31)34)26(32)23-9-3-6-19-5-1-2-8-22(19)23/h1-13,15,17,25,32H,14,16H2/b26-24-. The van der Waals surface area contributed by atoms with Crippen molar-refractivity contribution in [2.75, 3.05) is 6.54 Å². The smallest absolute Gasteiger partial charge is 0.295 e. The van der Waals surface area contributed by atoms with Crippen LogP contribution in [0.25, 0.3) is 16.5 Å². The van der Waals surface area contributed by atoms with Crippen LogP contribution in [0.5, 0.6) is 0 Å². The maximum Gasteiger partial charge on any atom is 0.295 e. The lowest BCUT2D eigenvalue weighted by atomic mass is 9.94. The predicted octanol–water partition coefficient (Wildman–Crippen LogP) is 5.04. The minimum Gasteiger partial charge on any atom is -0.507 e. The largest absolute Gasteiger partial charge is 0.507 e. The van der Waals surface area contributed by atoms with Gasteiger partial charge in [-0.3, -0.25) is 14.6 Å². The number of rotatable bonds is 5. The quantitative estimate of drug-likeness (QED) is 0.262. The number of aromatic nitrogens is 1. The molecule has 1 atom stereocenters. The molecule has 4 aromatic rings. The maximum atomic E-state index is 13.3. The van der Waals surface area contributed by atoms with Crippen molar-refractivity contribution in [2.45, 2.75) is 12.5 Å². The van der Waals surface area contributed by atoms with Gasteiger partial charge in [0.1, 0.15) is 11.6 Å². The molecule has 1 N–H and O–H groups in total. The number of benzene rings is 3. The van der Waals surface area contributed by atoms with E-state index in [9.17, 15) is 19.1 Å². The monoisotopic (exact) mass is 452 g/mol. The summed E-state index contributed by atoms with van der Waals surface area (Å²) in [5.41, 5.74) is 1.99. The summed E-state index contributed by atoms with van der Waals surface area (Å²) in [5, 5.41) is 13.1. The summed E-state index contributed by atoms with van der Waals surface area (Å²) in [7, 11) is 0. The van der Waals surface area contributed by atoms with E-state index >= 15 is 0 Å². The third-order valence-electron chi connectivity index (χ3n) is 6.14. The van der Waals surface area contributed by atoms with Crippen LogP contribution in [0.2, 0.25) is 0 Å². The van der Waals surface area contributed by atoms with Crippen LogP contribution in [0.15, 0.2) is 96.8 Å². The van der Waals surface area contributed by atoms with Crippen LogP contribution in [-0.2, 0) is 16.0 Å². The zero-order valence-electron chi connectivity index (χ0n) is 18.2. The first kappa shape index (κ1) is 21.5. The fourth-order valence-corrected chi connectivity index (χ4v) is 4.47. The van der Waals surface area contributed by atoms with Crippen LogP contribution in [0, 0.1) is 5.82 Å². The molecular weight excluding hydrogens is 431 g/mol. The first-order valence-corrected chi connectivity index (χ1v) is 11.0. The Balaban J connectivity index is 1.61. The fourth-order valence-electron chi connectivity index (χ4n) is 4.47. The van der Waals surface area contributed by atoms with Gasteiger partial charge < -0.3 is 10.0 Å². The first-order valence-electron chi connectivity index (χ1n) is 11.0. The number of carbonyl (C=O) groups excluding carboxylic acids is 2. The summed E-state index contributed by atoms with van der Waals surface area (Å²) in [6.45, 7) is 0.224. The number of hydrogen-bond acceptors (Lipinski definition) is 4. The lowest BCUT2D eigenvalue weighted by Gasteiger charge is -2.25. The Morgan fingerprint density at radius 2 is 1.71 bits per heavy atom. The molecule has 168 valence electrons. The molecule has 1 saturated heterocycles. The lowest BCUT2D eigenvalue weighted by molar-refractivity contribution is -0.139. The van der Waals surface area contributed by atoms with E-state index < -0.39 is 17.7 Å². The summed E-state index contributed by atoms with van der Waals surface area (Å²) in [6.07, 6.45) is 3.63. The average molecular weight is 452 g/mol. The second kappa shape index (κ2) is 8.90. The van der Waals surface area contributed by atoms with Gasteiger partial charge in [-0.25, -0.2) is 4.39 Å². The van der Waals surface area contributed by atoms with E-state index in [2.05, 4.69) is 4.98 Å². The van der Waals surface area contributed by atoms with E-state index in [1.165, 1.54) is 17.0 Å². The number of halogens is 1. The summed E-state index contributed by atoms with van der Waals surface area (Å²) in [5.74, 6) is -1.97. The highest BCUT2D eigenvalue weighted by Crippen LogP contribution is 2.40. The maximum absolute atomic E-state index is 13.3. The minimum absolute atomic E-state index is 0.0356. The summed E-state index contributed by atoms with van der Waals surface area (Å²) >= 11 is 0. The number of carbonyl (C=O) groups is 2. The number of hydrogen-bond donors (Lipinski definition) is 1. The molecule has 6 heteroatoms. The third kappa shape index (κ3) is 3.83. The van der Waals surface area contributed by atoms with E-state index in [0.29, 0.717) is 17.5 Å². The van der Waals surface area contributed by atoms with Crippen molar-refractivity contribution in [3.05, 3.63) is 119 Å². The Labute approximate surface area is 195 Å². The molecule has 0 aliphatic carbocycles. The van der Waals surface area contributed by atoms with E-state index in [1.807, 2.05) is 30.3 Å². The zero-order valence-corrected chi connectivity index (χ0v) is 18.2. The highest BCUT2D eigenvalue weighted by atomic mass is 19.1. The topological polar surface area (TPSA) is 70.5 Å². The van der Waals surface area contributed by atoms with Crippen LogP contribution in [-0.4, -0.2) is 33.2 Å². The highest BCUT2D eigenvalue weighted by Gasteiger charge is 2.46. The Kier molecular flexibility index (Phi) is 5.64. The van der Waals surface area contributed by atoms with Gasteiger partial charge in [0.05, 0.1) is 11.6 Å². The van der Waals surface area contributed by atoms with Crippen molar-refractivity contribution >= 4 is 28.2 Å². The Morgan fingerprint density at radius 3 is 2.47 bits per heavy atom. The summed E-state index contributed by atoms with van der Waals surface area (Å²) in [6, 6.07) is 21.8. The molecule has 0 bridgehead atoms. The van der Waals surface area contributed by atoms with Gasteiger partial charge in [-0.1, -0.05) is 60.7 Å². The Morgan fingerprint density at radius 1 is 0.941 bits per heavy atom. The van der Waals surface area contributed by atoms with Crippen LogP contribution in [0.4, 0.5) is 4.39 Å². The molecular formula is C28H21FN2O3. The van der Waals surface area contributed by atoms with Crippen molar-refractivity contribution in [3.63, 3.8) is 0 Å². The van der Waals surface area contributed by atoms with Crippen LogP contribution >= 0.6 is 0 Å². The van der Waals surface area contributed by atoms with E-state index in [0.717, 1.165) is 16.3 Å². The Bertz CT molecular complexity index is 1410. The van der Waals surface area contributed by atoms with Gasteiger partial charge in [-0.2, -0.15) is 0 Å². The zero-order chi connectivity index (χ0) is 23.7. The number of pyridine rings is 1. The van der Waals surface area contributed by atoms with Crippen molar-refractivity contribution in [1.82, 2.24) is 9.88 Å². The number of ketones is 1. The second-order valence-corrected chi connectivity index (χ2v) is 8.18. The minimum atomic E-state index is -0.784. The molecule has 1 aliphatic rings. The van der Waals surface area contributed by atoms with Gasteiger partial charge in [0.15, 0.2) is 0 Å². The van der Waals surface area contributed by atoms with E-state index in [4.69, 9.17) is 0 Å². The molecule has 5 rings (SSSR count).